The van der Waals surface area contributed by atoms with Crippen molar-refractivity contribution in [2.45, 2.75) is 6.92 Å². The first-order valence-corrected chi connectivity index (χ1v) is 6.84. The summed E-state index contributed by atoms with van der Waals surface area (Å²) in [5.41, 5.74) is -0.0531. The molecule has 1 amide bonds. The molecule has 0 saturated carbocycles. The van der Waals surface area contributed by atoms with Gasteiger partial charge in [0, 0.05) is 25.8 Å². The summed E-state index contributed by atoms with van der Waals surface area (Å²) in [6.07, 6.45) is 0. The summed E-state index contributed by atoms with van der Waals surface area (Å²) in [4.78, 5) is 20.3. The first-order chi connectivity index (χ1) is 11.0. The van der Waals surface area contributed by atoms with E-state index in [1.165, 1.54) is 6.07 Å². The van der Waals surface area contributed by atoms with Crippen LogP contribution in [0, 0.1) is 18.6 Å². The van der Waals surface area contributed by atoms with Gasteiger partial charge in [0.2, 0.25) is 0 Å². The minimum Gasteiger partial charge on any atom is -0.383 e. The predicted octanol–water partition coefficient (Wildman–Crippen LogP) is 2.37. The minimum atomic E-state index is -0.859. The number of aryl methyl sites for hydroxylation is 1. The van der Waals surface area contributed by atoms with Gasteiger partial charge in [-0.15, -0.1) is 0 Å². The van der Waals surface area contributed by atoms with Crippen LogP contribution in [0.15, 0.2) is 24.3 Å². The van der Waals surface area contributed by atoms with Gasteiger partial charge in [-0.25, -0.2) is 18.7 Å². The van der Waals surface area contributed by atoms with Crippen molar-refractivity contribution in [3.8, 4) is 0 Å². The molecule has 0 spiro atoms. The van der Waals surface area contributed by atoms with Crippen LogP contribution in [-0.2, 0) is 4.74 Å². The van der Waals surface area contributed by atoms with Crippen LogP contribution in [0.3, 0.4) is 0 Å². The molecule has 6 nitrogen and oxygen atoms in total. The number of nitrogens with zero attached hydrogens (tertiary/aromatic N) is 2. The molecule has 1 aromatic carbocycles. The van der Waals surface area contributed by atoms with Crippen LogP contribution < -0.4 is 10.6 Å². The zero-order valence-electron chi connectivity index (χ0n) is 12.7. The molecule has 0 bridgehead atoms. The lowest BCUT2D eigenvalue weighted by molar-refractivity contribution is 0.102. The Labute approximate surface area is 131 Å². The van der Waals surface area contributed by atoms with Crippen molar-refractivity contribution in [1.82, 2.24) is 9.97 Å². The number of halogens is 2. The summed E-state index contributed by atoms with van der Waals surface area (Å²) >= 11 is 0. The molecular weight excluding hydrogens is 306 g/mol. The largest absolute Gasteiger partial charge is 0.383 e. The number of carbonyl (C=O) groups excluding carboxylic acids is 1. The van der Waals surface area contributed by atoms with Crippen LogP contribution in [-0.4, -0.2) is 36.1 Å². The summed E-state index contributed by atoms with van der Waals surface area (Å²) in [6, 6.07) is 4.34. The topological polar surface area (TPSA) is 76.1 Å². The fourth-order valence-electron chi connectivity index (χ4n) is 1.83. The molecule has 0 saturated heterocycles. The minimum absolute atomic E-state index is 0.0705. The van der Waals surface area contributed by atoms with Crippen LogP contribution in [0.1, 0.15) is 16.3 Å². The number of rotatable bonds is 6. The smallest absolute Gasteiger partial charge is 0.274 e. The van der Waals surface area contributed by atoms with Gasteiger partial charge < -0.3 is 15.4 Å². The van der Waals surface area contributed by atoms with Gasteiger partial charge in [0.15, 0.2) is 0 Å². The Morgan fingerprint density at radius 1 is 1.26 bits per heavy atom. The van der Waals surface area contributed by atoms with Crippen LogP contribution in [0.5, 0.6) is 0 Å². The van der Waals surface area contributed by atoms with Gasteiger partial charge in [0.05, 0.1) is 12.3 Å². The lowest BCUT2D eigenvalue weighted by Gasteiger charge is -2.09. The number of amides is 1. The maximum atomic E-state index is 13.6. The molecule has 0 radical (unpaired) electrons. The molecule has 1 heterocycles. The summed E-state index contributed by atoms with van der Waals surface area (Å²) in [6.45, 7) is 2.63. The Hall–Kier alpha value is -2.61. The fourth-order valence-corrected chi connectivity index (χ4v) is 1.83. The van der Waals surface area contributed by atoms with Gasteiger partial charge in [-0.1, -0.05) is 0 Å². The normalized spacial score (nSPS) is 10.4. The lowest BCUT2D eigenvalue weighted by Crippen LogP contribution is -2.17. The van der Waals surface area contributed by atoms with E-state index in [0.29, 0.717) is 30.9 Å². The Bertz CT molecular complexity index is 710. The molecule has 0 fully saturated rings. The second-order valence-corrected chi connectivity index (χ2v) is 4.68. The van der Waals surface area contributed by atoms with Gasteiger partial charge in [-0.05, 0) is 19.1 Å². The van der Waals surface area contributed by atoms with Crippen LogP contribution in [0.4, 0.5) is 20.3 Å². The van der Waals surface area contributed by atoms with Gasteiger partial charge >= 0.3 is 0 Å². The Morgan fingerprint density at radius 3 is 2.74 bits per heavy atom. The predicted molar refractivity (Wildman–Crippen MR) is 81.4 cm³/mol. The van der Waals surface area contributed by atoms with Crippen molar-refractivity contribution in [3.63, 3.8) is 0 Å². The van der Waals surface area contributed by atoms with Crippen LogP contribution in [0.2, 0.25) is 0 Å². The number of hydrogen-bond donors (Lipinski definition) is 2. The van der Waals surface area contributed by atoms with Crippen molar-refractivity contribution >= 4 is 17.4 Å². The Morgan fingerprint density at radius 2 is 2.04 bits per heavy atom. The van der Waals surface area contributed by atoms with E-state index in [1.54, 1.807) is 14.0 Å². The van der Waals surface area contributed by atoms with E-state index in [1.807, 2.05) is 0 Å². The Kier molecular flexibility index (Phi) is 5.53. The summed E-state index contributed by atoms with van der Waals surface area (Å²) in [5.74, 6) is -1.35. The summed E-state index contributed by atoms with van der Waals surface area (Å²) in [7, 11) is 1.57. The van der Waals surface area contributed by atoms with Gasteiger partial charge in [0.1, 0.15) is 29.0 Å². The summed E-state index contributed by atoms with van der Waals surface area (Å²) in [5, 5.41) is 5.34. The van der Waals surface area contributed by atoms with E-state index in [-0.39, 0.29) is 11.4 Å². The van der Waals surface area contributed by atoms with E-state index in [4.69, 9.17) is 4.74 Å². The number of methoxy groups -OCH3 is 1. The number of ether oxygens (including phenoxy) is 1. The molecule has 0 aliphatic heterocycles. The monoisotopic (exact) mass is 322 g/mol. The highest BCUT2D eigenvalue weighted by Gasteiger charge is 2.13. The van der Waals surface area contributed by atoms with E-state index >= 15 is 0 Å². The molecule has 0 atom stereocenters. The molecule has 0 unspecified atom stereocenters. The van der Waals surface area contributed by atoms with Gasteiger partial charge in [-0.2, -0.15) is 0 Å². The standard InChI is InChI=1S/C15H16F2N4O2/c1-9-19-13(8-14(20-9)18-5-6-23-2)15(22)21-12-4-3-10(16)7-11(12)17/h3-4,7-8H,5-6H2,1-2H3,(H,21,22)(H,18,19,20). The maximum Gasteiger partial charge on any atom is 0.274 e. The molecule has 2 rings (SSSR count). The van der Waals surface area contributed by atoms with Crippen molar-refractivity contribution in [1.29, 1.82) is 0 Å². The third-order valence-electron chi connectivity index (χ3n) is 2.86. The van der Waals surface area contributed by atoms with E-state index in [2.05, 4.69) is 20.6 Å². The number of aromatic nitrogens is 2. The molecule has 122 valence electrons. The van der Waals surface area contributed by atoms with Crippen molar-refractivity contribution < 1.29 is 18.3 Å². The number of anilines is 2. The highest BCUT2D eigenvalue weighted by molar-refractivity contribution is 6.03. The quantitative estimate of drug-likeness (QED) is 0.799. The second-order valence-electron chi connectivity index (χ2n) is 4.68. The molecule has 2 aromatic rings. The number of benzene rings is 1. The van der Waals surface area contributed by atoms with E-state index < -0.39 is 17.5 Å². The zero-order valence-corrected chi connectivity index (χ0v) is 12.7. The van der Waals surface area contributed by atoms with Gasteiger partial charge in [-0.3, -0.25) is 4.79 Å². The Balaban J connectivity index is 2.15. The molecule has 23 heavy (non-hydrogen) atoms. The molecule has 1 aromatic heterocycles. The van der Waals surface area contributed by atoms with Crippen LogP contribution in [0.25, 0.3) is 0 Å². The number of hydrogen-bond acceptors (Lipinski definition) is 5. The zero-order chi connectivity index (χ0) is 16.8. The maximum absolute atomic E-state index is 13.6. The lowest BCUT2D eigenvalue weighted by atomic mass is 10.2. The van der Waals surface area contributed by atoms with Crippen molar-refractivity contribution in [2.24, 2.45) is 0 Å². The first-order valence-electron chi connectivity index (χ1n) is 6.84. The van der Waals surface area contributed by atoms with Crippen molar-refractivity contribution in [2.75, 3.05) is 30.9 Å². The highest BCUT2D eigenvalue weighted by atomic mass is 19.1. The fraction of sp³-hybridized carbons (Fsp3) is 0.267. The molecule has 0 aliphatic rings. The SMILES string of the molecule is COCCNc1cc(C(=O)Nc2ccc(F)cc2F)nc(C)n1. The average Bonchev–Trinajstić information content (AvgIpc) is 2.50. The van der Waals surface area contributed by atoms with Gasteiger partial charge in [0.25, 0.3) is 5.91 Å². The highest BCUT2D eigenvalue weighted by Crippen LogP contribution is 2.16. The average molecular weight is 322 g/mol. The first kappa shape index (κ1) is 16.8. The van der Waals surface area contributed by atoms with E-state index in [9.17, 15) is 13.6 Å². The number of carbonyl (C=O) groups is 1. The van der Waals surface area contributed by atoms with Crippen LogP contribution >= 0.6 is 0 Å². The molecule has 8 heteroatoms. The molecule has 0 aliphatic carbocycles. The number of nitrogens with one attached hydrogen (secondary N) is 2. The molecule has 2 N–H and O–H groups in total. The second kappa shape index (κ2) is 7.59. The van der Waals surface area contributed by atoms with Crippen molar-refractivity contribution in [3.05, 3.63) is 47.4 Å². The third-order valence-corrected chi connectivity index (χ3v) is 2.86. The van der Waals surface area contributed by atoms with E-state index in [0.717, 1.165) is 12.1 Å². The third kappa shape index (κ3) is 4.68. The summed E-state index contributed by atoms with van der Waals surface area (Å²) < 4.78 is 31.4. The molecular formula is C15H16F2N4O2.